The van der Waals surface area contributed by atoms with Gasteiger partial charge in [0, 0.05) is 32.1 Å². The maximum atomic E-state index is 12.7. The van der Waals surface area contributed by atoms with Crippen LogP contribution in [0.3, 0.4) is 0 Å². The molecule has 0 aromatic carbocycles. The van der Waals surface area contributed by atoms with Gasteiger partial charge in [-0.15, -0.1) is 0 Å². The Morgan fingerprint density at radius 3 is 2.32 bits per heavy atom. The number of hydrogen-bond donors (Lipinski definition) is 1. The van der Waals surface area contributed by atoms with Crippen molar-refractivity contribution in [2.75, 3.05) is 31.9 Å². The van der Waals surface area contributed by atoms with Gasteiger partial charge in [0.05, 0.1) is 12.2 Å². The van der Waals surface area contributed by atoms with Gasteiger partial charge in [0.15, 0.2) is 0 Å². The van der Waals surface area contributed by atoms with Gasteiger partial charge in [0.1, 0.15) is 0 Å². The minimum absolute atomic E-state index is 0.0412. The predicted octanol–water partition coefficient (Wildman–Crippen LogP) is 1.79. The summed E-state index contributed by atoms with van der Waals surface area (Å²) in [5.41, 5.74) is 0. The number of carboxylic acid groups (broad SMARTS) is 1. The predicted molar refractivity (Wildman–Crippen MR) is 96.7 cm³/mol. The molecule has 1 rings (SSSR count). The Morgan fingerprint density at radius 1 is 1.24 bits per heavy atom. The fourth-order valence-electron chi connectivity index (χ4n) is 3.06. The number of aliphatic carboxylic acids is 1. The van der Waals surface area contributed by atoms with Crippen LogP contribution in [0.15, 0.2) is 0 Å². The minimum atomic E-state index is -3.22. The van der Waals surface area contributed by atoms with E-state index in [9.17, 15) is 18.0 Å². The molecule has 1 N–H and O–H groups in total. The van der Waals surface area contributed by atoms with Crippen molar-refractivity contribution < 1.29 is 23.1 Å². The number of carbonyl (C=O) groups excluding carboxylic acids is 1. The summed E-state index contributed by atoms with van der Waals surface area (Å²) in [6.45, 7) is 7.42. The first-order valence-corrected chi connectivity index (χ1v) is 10.8. The number of unbranched alkanes of at least 4 members (excludes halogenated alkanes) is 1. The Morgan fingerprint density at radius 2 is 1.84 bits per heavy atom. The standard InChI is InChI=1S/C17H32N2O5S/c1-4-5-12-25(23,24)19-10-6-15(7-11-19)17(22)18(13-14(2)3)9-8-16(20)21/h14-15H,4-13H2,1-3H3,(H,20,21). The van der Waals surface area contributed by atoms with Crippen molar-refractivity contribution in [3.8, 4) is 0 Å². The van der Waals surface area contributed by atoms with Gasteiger partial charge in [-0.2, -0.15) is 0 Å². The van der Waals surface area contributed by atoms with Crippen molar-refractivity contribution in [2.24, 2.45) is 11.8 Å². The second kappa shape index (κ2) is 10.1. The average molecular weight is 377 g/mol. The van der Waals surface area contributed by atoms with Crippen LogP contribution in [-0.2, 0) is 19.6 Å². The topological polar surface area (TPSA) is 95.0 Å². The summed E-state index contributed by atoms with van der Waals surface area (Å²) in [4.78, 5) is 25.2. The summed E-state index contributed by atoms with van der Waals surface area (Å²) < 4.78 is 26.0. The summed E-state index contributed by atoms with van der Waals surface area (Å²) in [5, 5.41) is 8.87. The van der Waals surface area contributed by atoms with Crippen LogP contribution in [0, 0.1) is 11.8 Å². The van der Waals surface area contributed by atoms with E-state index < -0.39 is 16.0 Å². The molecular formula is C17H32N2O5S. The highest BCUT2D eigenvalue weighted by Crippen LogP contribution is 2.23. The molecule has 25 heavy (non-hydrogen) atoms. The minimum Gasteiger partial charge on any atom is -0.481 e. The molecule has 146 valence electrons. The van der Waals surface area contributed by atoms with Gasteiger partial charge >= 0.3 is 5.97 Å². The highest BCUT2D eigenvalue weighted by molar-refractivity contribution is 7.89. The van der Waals surface area contributed by atoms with Crippen LogP contribution in [-0.4, -0.2) is 66.5 Å². The number of carboxylic acids is 1. The van der Waals surface area contributed by atoms with E-state index in [0.29, 0.717) is 38.9 Å². The smallest absolute Gasteiger partial charge is 0.305 e. The zero-order chi connectivity index (χ0) is 19.0. The van der Waals surface area contributed by atoms with E-state index >= 15 is 0 Å². The monoisotopic (exact) mass is 376 g/mol. The molecule has 0 aromatic heterocycles. The zero-order valence-electron chi connectivity index (χ0n) is 15.6. The van der Waals surface area contributed by atoms with Gasteiger partial charge in [0.2, 0.25) is 15.9 Å². The second-order valence-electron chi connectivity index (χ2n) is 7.16. The summed E-state index contributed by atoms with van der Waals surface area (Å²) in [7, 11) is -3.22. The van der Waals surface area contributed by atoms with Crippen molar-refractivity contribution in [1.29, 1.82) is 0 Å². The van der Waals surface area contributed by atoms with Gasteiger partial charge in [0.25, 0.3) is 0 Å². The van der Waals surface area contributed by atoms with Crippen molar-refractivity contribution in [3.05, 3.63) is 0 Å². The molecule has 0 aliphatic carbocycles. The molecule has 0 atom stereocenters. The molecule has 0 aromatic rings. The fourth-order valence-corrected chi connectivity index (χ4v) is 4.74. The molecule has 7 nitrogen and oxygen atoms in total. The Kier molecular flexibility index (Phi) is 8.85. The Hall–Kier alpha value is -1.15. The van der Waals surface area contributed by atoms with Gasteiger partial charge in [-0.1, -0.05) is 27.2 Å². The Bertz CT molecular complexity index is 539. The fraction of sp³-hybridized carbons (Fsp3) is 0.882. The molecule has 1 aliphatic heterocycles. The highest BCUT2D eigenvalue weighted by atomic mass is 32.2. The molecule has 1 saturated heterocycles. The molecule has 1 heterocycles. The molecular weight excluding hydrogens is 344 g/mol. The SMILES string of the molecule is CCCCS(=O)(=O)N1CCC(C(=O)N(CCC(=O)O)CC(C)C)CC1. The number of sulfonamides is 1. The van der Waals surface area contributed by atoms with Gasteiger partial charge in [-0.3, -0.25) is 9.59 Å². The quantitative estimate of drug-likeness (QED) is 0.627. The molecule has 8 heteroatoms. The van der Waals surface area contributed by atoms with Gasteiger partial charge < -0.3 is 10.0 Å². The first kappa shape index (κ1) is 21.9. The van der Waals surface area contributed by atoms with Crippen LogP contribution in [0.1, 0.15) is 52.9 Å². The van der Waals surface area contributed by atoms with Crippen LogP contribution in [0.4, 0.5) is 0 Å². The Balaban J connectivity index is 2.63. The van der Waals surface area contributed by atoms with Gasteiger partial charge in [-0.25, -0.2) is 12.7 Å². The third kappa shape index (κ3) is 7.32. The lowest BCUT2D eigenvalue weighted by molar-refractivity contribution is -0.140. The molecule has 1 amide bonds. The van der Waals surface area contributed by atoms with Crippen molar-refractivity contribution >= 4 is 21.9 Å². The number of hydrogen-bond acceptors (Lipinski definition) is 4. The largest absolute Gasteiger partial charge is 0.481 e. The first-order chi connectivity index (χ1) is 11.7. The van der Waals surface area contributed by atoms with Crippen LogP contribution in [0.2, 0.25) is 0 Å². The van der Waals surface area contributed by atoms with Crippen molar-refractivity contribution in [1.82, 2.24) is 9.21 Å². The normalized spacial score (nSPS) is 17.0. The molecule has 0 bridgehead atoms. The van der Waals surface area contributed by atoms with E-state index in [2.05, 4.69) is 0 Å². The van der Waals surface area contributed by atoms with E-state index in [1.54, 1.807) is 4.90 Å². The first-order valence-electron chi connectivity index (χ1n) is 9.15. The van der Waals surface area contributed by atoms with Crippen LogP contribution in [0.5, 0.6) is 0 Å². The van der Waals surface area contributed by atoms with Gasteiger partial charge in [-0.05, 0) is 25.2 Å². The van der Waals surface area contributed by atoms with E-state index in [-0.39, 0.29) is 36.5 Å². The third-order valence-corrected chi connectivity index (χ3v) is 6.40. The van der Waals surface area contributed by atoms with E-state index in [1.807, 2.05) is 20.8 Å². The van der Waals surface area contributed by atoms with Crippen molar-refractivity contribution in [3.63, 3.8) is 0 Å². The number of nitrogens with zero attached hydrogens (tertiary/aromatic N) is 2. The molecule has 0 radical (unpaired) electrons. The van der Waals surface area contributed by atoms with Crippen molar-refractivity contribution in [2.45, 2.75) is 52.9 Å². The number of rotatable bonds is 10. The average Bonchev–Trinajstić information content (AvgIpc) is 2.56. The lowest BCUT2D eigenvalue weighted by Gasteiger charge is -2.34. The third-order valence-electron chi connectivity index (χ3n) is 4.45. The number of carbonyl (C=O) groups is 2. The molecule has 0 saturated carbocycles. The molecule has 0 unspecified atom stereocenters. The van der Waals surface area contributed by atoms with Crippen LogP contribution >= 0.6 is 0 Å². The Labute approximate surface area is 151 Å². The maximum absolute atomic E-state index is 12.7. The van der Waals surface area contributed by atoms with Crippen LogP contribution in [0.25, 0.3) is 0 Å². The van der Waals surface area contributed by atoms with E-state index in [1.165, 1.54) is 4.31 Å². The summed E-state index contributed by atoms with van der Waals surface area (Å²) in [6.07, 6.45) is 2.43. The summed E-state index contributed by atoms with van der Waals surface area (Å²) in [5.74, 6) is -0.753. The number of amides is 1. The maximum Gasteiger partial charge on any atom is 0.305 e. The summed E-state index contributed by atoms with van der Waals surface area (Å²) in [6, 6.07) is 0. The lowest BCUT2D eigenvalue weighted by Crippen LogP contribution is -2.46. The molecule has 1 aliphatic rings. The van der Waals surface area contributed by atoms with E-state index in [4.69, 9.17) is 5.11 Å². The van der Waals surface area contributed by atoms with Crippen LogP contribution < -0.4 is 0 Å². The number of piperidine rings is 1. The summed E-state index contributed by atoms with van der Waals surface area (Å²) >= 11 is 0. The molecule has 1 fully saturated rings. The lowest BCUT2D eigenvalue weighted by atomic mass is 9.96. The molecule has 0 spiro atoms. The second-order valence-corrected chi connectivity index (χ2v) is 9.25. The zero-order valence-corrected chi connectivity index (χ0v) is 16.4. The van der Waals surface area contributed by atoms with E-state index in [0.717, 1.165) is 6.42 Å². The highest BCUT2D eigenvalue weighted by Gasteiger charge is 2.32.